The van der Waals surface area contributed by atoms with E-state index in [9.17, 15) is 5.11 Å². The average molecular weight is 241 g/mol. The molecule has 1 unspecified atom stereocenters. The second-order valence-corrected chi connectivity index (χ2v) is 4.74. The zero-order valence-electron chi connectivity index (χ0n) is 10.7. The summed E-state index contributed by atoms with van der Waals surface area (Å²) in [6.07, 6.45) is 5.67. The van der Waals surface area contributed by atoms with E-state index in [1.165, 1.54) is 11.1 Å². The number of aliphatic hydroxyl groups excluding tert-OH is 1. The van der Waals surface area contributed by atoms with Gasteiger partial charge in [-0.2, -0.15) is 0 Å². The maximum Gasteiger partial charge on any atom is 0.0583 e. The van der Waals surface area contributed by atoms with Crippen LogP contribution in [0.25, 0.3) is 0 Å². The van der Waals surface area contributed by atoms with Gasteiger partial charge < -0.3 is 5.11 Å². The number of benzene rings is 1. The molecule has 0 aliphatic rings. The molecular formula is C16H19NO. The summed E-state index contributed by atoms with van der Waals surface area (Å²) in [6.45, 7) is 2.09. The molecule has 0 radical (unpaired) electrons. The van der Waals surface area contributed by atoms with Crippen molar-refractivity contribution in [3.63, 3.8) is 0 Å². The summed E-state index contributed by atoms with van der Waals surface area (Å²) in [4.78, 5) is 3.97. The van der Waals surface area contributed by atoms with Gasteiger partial charge in [-0.15, -0.1) is 0 Å². The van der Waals surface area contributed by atoms with E-state index in [1.807, 2.05) is 12.1 Å². The number of hydrogen-bond acceptors (Lipinski definition) is 2. The largest absolute Gasteiger partial charge is 0.393 e. The van der Waals surface area contributed by atoms with E-state index in [0.717, 1.165) is 18.4 Å². The maximum absolute atomic E-state index is 10.0. The van der Waals surface area contributed by atoms with E-state index in [4.69, 9.17) is 0 Å². The topological polar surface area (TPSA) is 33.1 Å². The quantitative estimate of drug-likeness (QED) is 0.873. The van der Waals surface area contributed by atoms with Crippen LogP contribution in [0, 0.1) is 6.92 Å². The van der Waals surface area contributed by atoms with E-state index >= 15 is 0 Å². The highest BCUT2D eigenvalue weighted by Crippen LogP contribution is 2.11. The minimum absolute atomic E-state index is 0.284. The van der Waals surface area contributed by atoms with E-state index in [0.29, 0.717) is 6.42 Å². The molecule has 0 saturated heterocycles. The first kappa shape index (κ1) is 12.8. The summed E-state index contributed by atoms with van der Waals surface area (Å²) in [5.74, 6) is 0. The Labute approximate surface area is 108 Å². The molecule has 1 atom stereocenters. The minimum atomic E-state index is -0.284. The first-order valence-electron chi connectivity index (χ1n) is 6.36. The first-order valence-corrected chi connectivity index (χ1v) is 6.36. The van der Waals surface area contributed by atoms with Crippen LogP contribution >= 0.6 is 0 Å². The van der Waals surface area contributed by atoms with Gasteiger partial charge in [0.2, 0.25) is 0 Å². The van der Waals surface area contributed by atoms with Crippen LogP contribution in [0.5, 0.6) is 0 Å². The Morgan fingerprint density at radius 2 is 1.89 bits per heavy atom. The molecule has 1 N–H and O–H groups in total. The molecule has 1 aromatic heterocycles. The third-order valence-electron chi connectivity index (χ3n) is 3.07. The average Bonchev–Trinajstić information content (AvgIpc) is 2.38. The van der Waals surface area contributed by atoms with Crippen LogP contribution in [0.15, 0.2) is 48.8 Å². The lowest BCUT2D eigenvalue weighted by Gasteiger charge is -2.10. The molecule has 1 aromatic carbocycles. The molecule has 2 rings (SSSR count). The van der Waals surface area contributed by atoms with E-state index in [1.54, 1.807) is 12.4 Å². The fourth-order valence-electron chi connectivity index (χ4n) is 2.09. The van der Waals surface area contributed by atoms with Gasteiger partial charge in [0.05, 0.1) is 6.10 Å². The van der Waals surface area contributed by atoms with Crippen LogP contribution in [-0.4, -0.2) is 16.2 Å². The molecule has 0 saturated carbocycles. The highest BCUT2D eigenvalue weighted by molar-refractivity contribution is 5.22. The molecule has 0 spiro atoms. The molecule has 0 aliphatic carbocycles. The lowest BCUT2D eigenvalue weighted by Crippen LogP contribution is -2.11. The number of pyridine rings is 1. The van der Waals surface area contributed by atoms with Gasteiger partial charge in [-0.25, -0.2) is 0 Å². The number of rotatable bonds is 5. The molecule has 0 aliphatic heterocycles. The maximum atomic E-state index is 10.0. The lowest BCUT2D eigenvalue weighted by atomic mass is 10.0. The third kappa shape index (κ3) is 3.97. The Kier molecular flexibility index (Phi) is 4.48. The predicted molar refractivity (Wildman–Crippen MR) is 73.4 cm³/mol. The smallest absolute Gasteiger partial charge is 0.0583 e. The van der Waals surface area contributed by atoms with Crippen molar-refractivity contribution in [1.82, 2.24) is 4.98 Å². The van der Waals surface area contributed by atoms with E-state index in [-0.39, 0.29) is 6.10 Å². The van der Waals surface area contributed by atoms with Gasteiger partial charge in [-0.1, -0.05) is 29.8 Å². The van der Waals surface area contributed by atoms with Crippen molar-refractivity contribution in [2.24, 2.45) is 0 Å². The summed E-state index contributed by atoms with van der Waals surface area (Å²) in [7, 11) is 0. The van der Waals surface area contributed by atoms with Crippen LogP contribution in [0.1, 0.15) is 23.1 Å². The van der Waals surface area contributed by atoms with Crippen LogP contribution in [0.2, 0.25) is 0 Å². The fourth-order valence-corrected chi connectivity index (χ4v) is 2.09. The summed E-state index contributed by atoms with van der Waals surface area (Å²) in [5.41, 5.74) is 3.71. The lowest BCUT2D eigenvalue weighted by molar-refractivity contribution is 0.165. The molecule has 2 aromatic rings. The second kappa shape index (κ2) is 6.31. The van der Waals surface area contributed by atoms with Gasteiger partial charge in [-0.3, -0.25) is 4.98 Å². The van der Waals surface area contributed by atoms with Crippen LogP contribution in [0.3, 0.4) is 0 Å². The number of aliphatic hydroxyl groups is 1. The van der Waals surface area contributed by atoms with Gasteiger partial charge in [-0.05, 0) is 49.4 Å². The highest BCUT2D eigenvalue weighted by Gasteiger charge is 2.06. The van der Waals surface area contributed by atoms with Gasteiger partial charge in [0.15, 0.2) is 0 Å². The normalized spacial score (nSPS) is 12.3. The first-order chi connectivity index (χ1) is 8.74. The van der Waals surface area contributed by atoms with Crippen LogP contribution < -0.4 is 0 Å². The fraction of sp³-hybridized carbons (Fsp3) is 0.312. The molecule has 0 amide bonds. The highest BCUT2D eigenvalue weighted by atomic mass is 16.3. The zero-order valence-corrected chi connectivity index (χ0v) is 10.7. The molecule has 2 heteroatoms. The Morgan fingerprint density at radius 1 is 1.11 bits per heavy atom. The predicted octanol–water partition coefficient (Wildman–Crippen LogP) is 2.93. The van der Waals surface area contributed by atoms with Gasteiger partial charge >= 0.3 is 0 Å². The molecular weight excluding hydrogens is 222 g/mol. The van der Waals surface area contributed by atoms with Crippen molar-refractivity contribution in [1.29, 1.82) is 0 Å². The molecule has 1 heterocycles. The molecule has 18 heavy (non-hydrogen) atoms. The molecule has 0 fully saturated rings. The molecule has 94 valence electrons. The monoisotopic (exact) mass is 241 g/mol. The summed E-state index contributed by atoms with van der Waals surface area (Å²) >= 11 is 0. The number of aryl methyl sites for hydroxylation is 2. The summed E-state index contributed by atoms with van der Waals surface area (Å²) in [6, 6.07) is 12.4. The van der Waals surface area contributed by atoms with E-state index in [2.05, 4.69) is 36.2 Å². The van der Waals surface area contributed by atoms with Crippen molar-refractivity contribution < 1.29 is 5.11 Å². The van der Waals surface area contributed by atoms with Gasteiger partial charge in [0.25, 0.3) is 0 Å². The second-order valence-electron chi connectivity index (χ2n) is 4.74. The summed E-state index contributed by atoms with van der Waals surface area (Å²) < 4.78 is 0. The number of nitrogens with zero attached hydrogens (tertiary/aromatic N) is 1. The number of hydrogen-bond donors (Lipinski definition) is 1. The number of aromatic nitrogens is 1. The van der Waals surface area contributed by atoms with Crippen molar-refractivity contribution in [2.75, 3.05) is 0 Å². The zero-order chi connectivity index (χ0) is 12.8. The van der Waals surface area contributed by atoms with Crippen molar-refractivity contribution in [2.45, 2.75) is 32.3 Å². The molecule has 2 nitrogen and oxygen atoms in total. The minimum Gasteiger partial charge on any atom is -0.393 e. The van der Waals surface area contributed by atoms with Gasteiger partial charge in [0.1, 0.15) is 0 Å². The van der Waals surface area contributed by atoms with Gasteiger partial charge in [0, 0.05) is 12.4 Å². The Balaban J connectivity index is 1.83. The van der Waals surface area contributed by atoms with Crippen molar-refractivity contribution in [3.05, 3.63) is 65.5 Å². The van der Waals surface area contributed by atoms with E-state index < -0.39 is 0 Å². The van der Waals surface area contributed by atoms with Crippen LogP contribution in [-0.2, 0) is 12.8 Å². The third-order valence-corrected chi connectivity index (χ3v) is 3.07. The Bertz CT molecular complexity index is 481. The Morgan fingerprint density at radius 3 is 2.61 bits per heavy atom. The molecule has 0 bridgehead atoms. The summed E-state index contributed by atoms with van der Waals surface area (Å²) in [5, 5.41) is 10.0. The Hall–Kier alpha value is -1.67. The van der Waals surface area contributed by atoms with Crippen molar-refractivity contribution >= 4 is 0 Å². The van der Waals surface area contributed by atoms with Crippen molar-refractivity contribution in [3.8, 4) is 0 Å². The van der Waals surface area contributed by atoms with Crippen LogP contribution in [0.4, 0.5) is 0 Å². The standard InChI is InChI=1S/C16H19NO/c1-13-3-2-4-14(11-13)5-6-16(18)12-15-7-9-17-10-8-15/h2-4,7-11,16,18H,5-6,12H2,1H3. The SMILES string of the molecule is Cc1cccc(CCC(O)Cc2ccncc2)c1.